The Kier molecular flexibility index (Phi) is 4.62. The van der Waals surface area contributed by atoms with E-state index in [4.69, 9.17) is 23.2 Å². The molecule has 1 heterocycles. The van der Waals surface area contributed by atoms with Crippen LogP contribution in [0, 0.1) is 13.8 Å². The van der Waals surface area contributed by atoms with E-state index < -0.39 is 0 Å². The number of aryl methyl sites for hydroxylation is 2. The Morgan fingerprint density at radius 3 is 2.35 bits per heavy atom. The molecule has 0 radical (unpaired) electrons. The van der Waals surface area contributed by atoms with Gasteiger partial charge in [-0.2, -0.15) is 0 Å². The summed E-state index contributed by atoms with van der Waals surface area (Å²) in [6, 6.07) is 9.65. The molecule has 0 aliphatic carbocycles. The van der Waals surface area contributed by atoms with Crippen molar-refractivity contribution in [2.45, 2.75) is 26.9 Å². The van der Waals surface area contributed by atoms with Crippen LogP contribution in [-0.2, 0) is 17.9 Å². The van der Waals surface area contributed by atoms with Crippen molar-refractivity contribution in [3.05, 3.63) is 62.6 Å². The van der Waals surface area contributed by atoms with Gasteiger partial charge in [0.1, 0.15) is 0 Å². The number of carbonyl (C=O) groups excluding carboxylic acids is 1. The van der Waals surface area contributed by atoms with Crippen molar-refractivity contribution >= 4 is 34.8 Å². The van der Waals surface area contributed by atoms with Gasteiger partial charge in [0.15, 0.2) is 0 Å². The fourth-order valence-corrected chi connectivity index (χ4v) is 3.22. The van der Waals surface area contributed by atoms with Gasteiger partial charge in [0, 0.05) is 13.1 Å². The minimum atomic E-state index is -0.0876. The lowest BCUT2D eigenvalue weighted by Crippen LogP contribution is -2.29. The number of nitrogens with zero attached hydrogens (tertiary/aromatic N) is 1. The van der Waals surface area contributed by atoms with Crippen LogP contribution in [0.15, 0.2) is 30.3 Å². The van der Waals surface area contributed by atoms with Crippen LogP contribution in [0.5, 0.6) is 0 Å². The lowest BCUT2D eigenvalue weighted by molar-refractivity contribution is -0.117. The molecule has 3 nitrogen and oxygen atoms in total. The predicted molar refractivity (Wildman–Crippen MR) is 95.1 cm³/mol. The van der Waals surface area contributed by atoms with Crippen LogP contribution in [0.1, 0.15) is 22.3 Å². The Morgan fingerprint density at radius 1 is 1.13 bits per heavy atom. The van der Waals surface area contributed by atoms with Gasteiger partial charge in [0.2, 0.25) is 5.91 Å². The average molecular weight is 349 g/mol. The smallest absolute Gasteiger partial charge is 0.238 e. The van der Waals surface area contributed by atoms with Gasteiger partial charge in [-0.1, -0.05) is 41.4 Å². The molecule has 0 bridgehead atoms. The first-order valence-electron chi connectivity index (χ1n) is 7.49. The normalized spacial score (nSPS) is 13.9. The molecule has 0 saturated heterocycles. The van der Waals surface area contributed by atoms with Crippen LogP contribution in [0.3, 0.4) is 0 Å². The van der Waals surface area contributed by atoms with Crippen LogP contribution in [0.25, 0.3) is 0 Å². The zero-order valence-electron chi connectivity index (χ0n) is 13.1. The molecule has 1 amide bonds. The van der Waals surface area contributed by atoms with Gasteiger partial charge in [0.25, 0.3) is 0 Å². The van der Waals surface area contributed by atoms with E-state index in [0.29, 0.717) is 22.3 Å². The lowest BCUT2D eigenvalue weighted by atomic mass is 10.0. The Labute approximate surface area is 146 Å². The molecule has 120 valence electrons. The van der Waals surface area contributed by atoms with E-state index in [1.165, 1.54) is 22.3 Å². The van der Waals surface area contributed by atoms with Crippen LogP contribution in [0.2, 0.25) is 10.0 Å². The highest BCUT2D eigenvalue weighted by Crippen LogP contribution is 2.30. The van der Waals surface area contributed by atoms with E-state index in [-0.39, 0.29) is 5.91 Å². The fraction of sp³-hybridized carbons (Fsp3) is 0.278. The number of amides is 1. The molecule has 2 aromatic rings. The molecule has 0 aromatic heterocycles. The average Bonchev–Trinajstić information content (AvgIpc) is 2.85. The van der Waals surface area contributed by atoms with Crippen molar-refractivity contribution < 1.29 is 4.79 Å². The van der Waals surface area contributed by atoms with E-state index in [0.717, 1.165) is 13.1 Å². The molecule has 1 aliphatic rings. The quantitative estimate of drug-likeness (QED) is 0.881. The highest BCUT2D eigenvalue weighted by atomic mass is 35.5. The summed E-state index contributed by atoms with van der Waals surface area (Å²) in [7, 11) is 0. The number of carbonyl (C=O) groups is 1. The van der Waals surface area contributed by atoms with Crippen molar-refractivity contribution in [2.24, 2.45) is 0 Å². The number of nitrogens with one attached hydrogen (secondary N) is 1. The molecule has 0 saturated carbocycles. The highest BCUT2D eigenvalue weighted by molar-refractivity contribution is 6.43. The molecule has 1 N–H and O–H groups in total. The number of hydrogen-bond acceptors (Lipinski definition) is 2. The third-order valence-electron chi connectivity index (χ3n) is 4.20. The molecule has 1 aliphatic heterocycles. The zero-order chi connectivity index (χ0) is 16.6. The Bertz CT molecular complexity index is 743. The first-order valence-corrected chi connectivity index (χ1v) is 8.25. The summed E-state index contributed by atoms with van der Waals surface area (Å²) in [4.78, 5) is 14.4. The standard InChI is InChI=1S/C18H18Cl2N2O/c1-11-6-13-8-22(9-14(13)7-12(11)2)10-17(23)21-16-5-3-4-15(19)18(16)20/h3-7H,8-10H2,1-2H3,(H,21,23). The number of benzene rings is 2. The van der Waals surface area contributed by atoms with E-state index in [2.05, 4.69) is 36.2 Å². The predicted octanol–water partition coefficient (Wildman–Crippen LogP) is 4.56. The molecular weight excluding hydrogens is 331 g/mol. The minimum absolute atomic E-state index is 0.0876. The monoisotopic (exact) mass is 348 g/mol. The first-order chi connectivity index (χ1) is 10.9. The summed E-state index contributed by atoms with van der Waals surface area (Å²) in [5, 5.41) is 3.64. The second-order valence-electron chi connectivity index (χ2n) is 6.00. The number of halogens is 2. The van der Waals surface area contributed by atoms with E-state index in [1.807, 2.05) is 0 Å². The number of hydrogen-bond donors (Lipinski definition) is 1. The van der Waals surface area contributed by atoms with Crippen molar-refractivity contribution in [3.8, 4) is 0 Å². The molecule has 0 unspecified atom stereocenters. The van der Waals surface area contributed by atoms with Crippen molar-refractivity contribution in [1.82, 2.24) is 4.90 Å². The maximum absolute atomic E-state index is 12.3. The summed E-state index contributed by atoms with van der Waals surface area (Å²) in [6.45, 7) is 6.16. The minimum Gasteiger partial charge on any atom is -0.324 e. The first kappa shape index (κ1) is 16.3. The second kappa shape index (κ2) is 6.52. The van der Waals surface area contributed by atoms with Gasteiger partial charge in [-0.15, -0.1) is 0 Å². The van der Waals surface area contributed by atoms with Crippen LogP contribution in [0.4, 0.5) is 5.69 Å². The van der Waals surface area contributed by atoms with Crippen molar-refractivity contribution in [1.29, 1.82) is 0 Å². The van der Waals surface area contributed by atoms with Gasteiger partial charge >= 0.3 is 0 Å². The van der Waals surface area contributed by atoms with Gasteiger partial charge in [-0.05, 0) is 48.2 Å². The van der Waals surface area contributed by atoms with Crippen LogP contribution in [-0.4, -0.2) is 17.4 Å². The summed E-state index contributed by atoms with van der Waals surface area (Å²) >= 11 is 12.1. The summed E-state index contributed by atoms with van der Waals surface area (Å²) < 4.78 is 0. The molecule has 3 rings (SSSR count). The van der Waals surface area contributed by atoms with E-state index in [9.17, 15) is 4.79 Å². The van der Waals surface area contributed by atoms with Crippen LogP contribution < -0.4 is 5.32 Å². The molecule has 5 heteroatoms. The number of rotatable bonds is 3. The van der Waals surface area contributed by atoms with E-state index >= 15 is 0 Å². The van der Waals surface area contributed by atoms with Gasteiger partial charge in [-0.25, -0.2) is 0 Å². The maximum Gasteiger partial charge on any atom is 0.238 e. The Hall–Kier alpha value is -1.55. The molecule has 2 aromatic carbocycles. The van der Waals surface area contributed by atoms with Gasteiger partial charge in [0.05, 0.1) is 22.3 Å². The zero-order valence-corrected chi connectivity index (χ0v) is 14.6. The molecule has 0 atom stereocenters. The molecular formula is C18H18Cl2N2O. The SMILES string of the molecule is Cc1cc2c(cc1C)CN(CC(=O)Nc1cccc(Cl)c1Cl)C2. The Morgan fingerprint density at radius 2 is 1.74 bits per heavy atom. The molecule has 0 fully saturated rings. The van der Waals surface area contributed by atoms with Crippen molar-refractivity contribution in [2.75, 3.05) is 11.9 Å². The summed E-state index contributed by atoms with van der Waals surface area (Å²) in [5.41, 5.74) is 5.75. The number of fused-ring (bicyclic) bond motifs is 1. The lowest BCUT2D eigenvalue weighted by Gasteiger charge is -2.15. The molecule has 23 heavy (non-hydrogen) atoms. The van der Waals surface area contributed by atoms with Crippen LogP contribution >= 0.6 is 23.2 Å². The third kappa shape index (κ3) is 3.52. The van der Waals surface area contributed by atoms with E-state index in [1.54, 1.807) is 18.2 Å². The molecule has 0 spiro atoms. The topological polar surface area (TPSA) is 32.3 Å². The third-order valence-corrected chi connectivity index (χ3v) is 5.02. The largest absolute Gasteiger partial charge is 0.324 e. The fourth-order valence-electron chi connectivity index (χ4n) is 2.87. The maximum atomic E-state index is 12.3. The summed E-state index contributed by atoms with van der Waals surface area (Å²) in [6.07, 6.45) is 0. The highest BCUT2D eigenvalue weighted by Gasteiger charge is 2.22. The second-order valence-corrected chi connectivity index (χ2v) is 6.79. The van der Waals surface area contributed by atoms with Gasteiger partial charge < -0.3 is 5.32 Å². The summed E-state index contributed by atoms with van der Waals surface area (Å²) in [5.74, 6) is -0.0876. The Balaban J connectivity index is 1.65. The van der Waals surface area contributed by atoms with Crippen molar-refractivity contribution in [3.63, 3.8) is 0 Å². The number of anilines is 1. The van der Waals surface area contributed by atoms with Gasteiger partial charge in [-0.3, -0.25) is 9.69 Å².